The summed E-state index contributed by atoms with van der Waals surface area (Å²) in [5, 5.41) is 9.90. The summed E-state index contributed by atoms with van der Waals surface area (Å²) >= 11 is 0. The predicted molar refractivity (Wildman–Crippen MR) is 275 cm³/mol. The Morgan fingerprint density at radius 1 is 0.125 bits per heavy atom. The molecule has 12 rings (SSSR count). The van der Waals surface area contributed by atoms with E-state index in [2.05, 4.69) is 255 Å². The van der Waals surface area contributed by atoms with E-state index < -0.39 is 0 Å². The first-order chi connectivity index (χ1) is 31.8. The van der Waals surface area contributed by atoms with Crippen LogP contribution in [0.2, 0.25) is 0 Å². The first-order valence-electron chi connectivity index (χ1n) is 22.2. The normalized spacial score (nSPS) is 11.4. The van der Waals surface area contributed by atoms with Gasteiger partial charge >= 0.3 is 0 Å². The Morgan fingerprint density at radius 3 is 0.516 bits per heavy atom. The third-order valence-corrected chi connectivity index (χ3v) is 13.0. The summed E-state index contributed by atoms with van der Waals surface area (Å²) in [6.07, 6.45) is 0. The lowest BCUT2D eigenvalue weighted by Crippen LogP contribution is -1.95. The number of fused-ring (bicyclic) bond motifs is 4. The second-order valence-electron chi connectivity index (χ2n) is 16.7. The molecule has 0 saturated heterocycles. The average molecular weight is 811 g/mol. The van der Waals surface area contributed by atoms with Crippen molar-refractivity contribution >= 4 is 43.1 Å². The molecule has 12 aromatic rings. The highest BCUT2D eigenvalue weighted by molar-refractivity contribution is 6.30. The van der Waals surface area contributed by atoms with Crippen LogP contribution in [-0.2, 0) is 0 Å². The smallest absolute Gasteiger partial charge is 0.00139 e. The molecule has 0 heteroatoms. The van der Waals surface area contributed by atoms with Crippen molar-refractivity contribution in [2.75, 3.05) is 0 Å². The van der Waals surface area contributed by atoms with E-state index in [1.807, 2.05) is 0 Å². The monoisotopic (exact) mass is 810 g/mol. The second-order valence-corrected chi connectivity index (χ2v) is 16.7. The molecule has 0 heterocycles. The van der Waals surface area contributed by atoms with Crippen LogP contribution in [0.4, 0.5) is 0 Å². The fourth-order valence-electron chi connectivity index (χ4n) is 10.2. The van der Waals surface area contributed by atoms with E-state index in [9.17, 15) is 0 Å². The zero-order valence-corrected chi connectivity index (χ0v) is 35.2. The fourth-order valence-corrected chi connectivity index (χ4v) is 10.2. The zero-order chi connectivity index (χ0) is 42.4. The molecule has 0 amide bonds. The van der Waals surface area contributed by atoms with Crippen LogP contribution >= 0.6 is 0 Å². The van der Waals surface area contributed by atoms with Gasteiger partial charge in [-0.1, -0.05) is 218 Å². The summed E-state index contributed by atoms with van der Waals surface area (Å²) in [5.74, 6) is 0. The van der Waals surface area contributed by atoms with E-state index >= 15 is 0 Å². The first kappa shape index (κ1) is 37.4. The van der Waals surface area contributed by atoms with Crippen molar-refractivity contribution in [2.24, 2.45) is 0 Å². The molecular weight excluding hydrogens is 769 g/mol. The van der Waals surface area contributed by atoms with Crippen molar-refractivity contribution in [1.29, 1.82) is 0 Å². The maximum absolute atomic E-state index is 2.39. The minimum atomic E-state index is 1.20. The highest BCUT2D eigenvalue weighted by atomic mass is 14.3. The van der Waals surface area contributed by atoms with Crippen LogP contribution in [-0.4, -0.2) is 0 Å². The molecule has 0 fully saturated rings. The van der Waals surface area contributed by atoms with Crippen LogP contribution in [0, 0.1) is 0 Å². The highest BCUT2D eigenvalue weighted by Gasteiger charge is 2.23. The highest BCUT2D eigenvalue weighted by Crippen LogP contribution is 2.51. The van der Waals surface area contributed by atoms with E-state index in [0.717, 1.165) is 0 Å². The van der Waals surface area contributed by atoms with Crippen molar-refractivity contribution in [2.45, 2.75) is 0 Å². The summed E-state index contributed by atoms with van der Waals surface area (Å²) in [4.78, 5) is 0. The van der Waals surface area contributed by atoms with Gasteiger partial charge in [-0.3, -0.25) is 0 Å². The molecule has 0 bridgehead atoms. The minimum Gasteiger partial charge on any atom is -0.0622 e. The van der Waals surface area contributed by atoms with Crippen molar-refractivity contribution in [1.82, 2.24) is 0 Å². The van der Waals surface area contributed by atoms with E-state index in [-0.39, 0.29) is 0 Å². The number of rotatable bonds is 7. The molecule has 12 aromatic carbocycles. The molecule has 0 nitrogen and oxygen atoms in total. The molecular formula is C64H42. The lowest BCUT2D eigenvalue weighted by atomic mass is 9.80. The molecule has 0 aromatic heterocycles. The van der Waals surface area contributed by atoms with Crippen molar-refractivity contribution in [3.63, 3.8) is 0 Å². The van der Waals surface area contributed by atoms with Gasteiger partial charge < -0.3 is 0 Å². The molecule has 0 spiro atoms. The van der Waals surface area contributed by atoms with E-state index in [0.29, 0.717) is 0 Å². The molecule has 0 aliphatic rings. The lowest BCUT2D eigenvalue weighted by molar-refractivity contribution is 1.58. The molecule has 0 atom stereocenters. The van der Waals surface area contributed by atoms with Gasteiger partial charge in [0, 0.05) is 0 Å². The number of benzene rings is 12. The zero-order valence-electron chi connectivity index (χ0n) is 35.2. The summed E-state index contributed by atoms with van der Waals surface area (Å²) in [6, 6.07) is 93.7. The quantitative estimate of drug-likeness (QED) is 0.141. The molecule has 0 aliphatic heterocycles. The molecule has 0 N–H and O–H groups in total. The molecule has 0 unspecified atom stereocenters. The van der Waals surface area contributed by atoms with E-state index in [1.54, 1.807) is 0 Å². The van der Waals surface area contributed by atoms with Gasteiger partial charge in [-0.25, -0.2) is 0 Å². The molecule has 64 heavy (non-hydrogen) atoms. The van der Waals surface area contributed by atoms with Gasteiger partial charge in [-0.2, -0.15) is 0 Å². The summed E-state index contributed by atoms with van der Waals surface area (Å²) in [7, 11) is 0. The fraction of sp³-hybridized carbons (Fsp3) is 0. The Kier molecular flexibility index (Phi) is 9.28. The van der Waals surface area contributed by atoms with Crippen LogP contribution in [0.3, 0.4) is 0 Å². The maximum atomic E-state index is 2.39. The van der Waals surface area contributed by atoms with Crippen molar-refractivity contribution in [3.8, 4) is 77.9 Å². The Bertz CT molecular complexity index is 3200. The van der Waals surface area contributed by atoms with Crippen molar-refractivity contribution < 1.29 is 0 Å². The van der Waals surface area contributed by atoms with E-state index in [1.165, 1.54) is 121 Å². The summed E-state index contributed by atoms with van der Waals surface area (Å²) in [5.41, 5.74) is 17.1. The average Bonchev–Trinajstić information content (AvgIpc) is 3.38. The Balaban J connectivity index is 1.16. The van der Waals surface area contributed by atoms with Gasteiger partial charge in [0.2, 0.25) is 0 Å². The van der Waals surface area contributed by atoms with E-state index in [4.69, 9.17) is 0 Å². The maximum Gasteiger partial charge on any atom is -0.00139 e. The third-order valence-electron chi connectivity index (χ3n) is 13.0. The predicted octanol–water partition coefficient (Wildman–Crippen LogP) is 18.0. The molecule has 0 saturated carbocycles. The second kappa shape index (κ2) is 15.9. The summed E-state index contributed by atoms with van der Waals surface area (Å²) in [6.45, 7) is 0. The lowest BCUT2D eigenvalue weighted by Gasteiger charge is -2.23. The number of hydrogen-bond acceptors (Lipinski definition) is 0. The summed E-state index contributed by atoms with van der Waals surface area (Å²) < 4.78 is 0. The van der Waals surface area contributed by atoms with Gasteiger partial charge in [0.1, 0.15) is 0 Å². The molecule has 0 aliphatic carbocycles. The topological polar surface area (TPSA) is 0 Å². The largest absolute Gasteiger partial charge is 0.0622 e. The van der Waals surface area contributed by atoms with Gasteiger partial charge in [0.15, 0.2) is 0 Å². The Hall–Kier alpha value is -8.32. The molecule has 0 radical (unpaired) electrons. The van der Waals surface area contributed by atoms with Crippen molar-refractivity contribution in [3.05, 3.63) is 255 Å². The SMILES string of the molecule is c1ccc(-c2cc(-c3ccccc3)cc(-c3c4ccccc4c(-c4c5ccccc5c(-c5cc(-c6ccccc6)cc(-c6ccccc6)c5)c5ccccc45)c4ccccc34)c2)cc1. The van der Waals surface area contributed by atoms with Gasteiger partial charge in [0.05, 0.1) is 0 Å². The molecule has 298 valence electrons. The third kappa shape index (κ3) is 6.48. The van der Waals surface area contributed by atoms with Crippen LogP contribution in [0.15, 0.2) is 255 Å². The first-order valence-corrected chi connectivity index (χ1v) is 22.2. The van der Waals surface area contributed by atoms with Crippen LogP contribution in [0.1, 0.15) is 0 Å². The number of hydrogen-bond donors (Lipinski definition) is 0. The Morgan fingerprint density at radius 2 is 0.297 bits per heavy atom. The Labute approximate surface area is 374 Å². The van der Waals surface area contributed by atoms with Crippen LogP contribution < -0.4 is 0 Å². The van der Waals surface area contributed by atoms with Gasteiger partial charge in [-0.15, -0.1) is 0 Å². The standard InChI is InChI=1S/C64H42/c1-5-21-43(22-6-1)47-37-48(44-23-7-2-8-24-44)40-51(39-47)61-53-29-13-17-33-57(53)63(58-34-18-14-30-54(58)61)64-59-35-19-15-31-55(59)62(56-32-16-20-36-60(56)64)52-41-49(45-25-9-3-10-26-45)38-50(42-52)46-27-11-4-12-28-46/h1-42H. The van der Waals surface area contributed by atoms with Crippen LogP contribution in [0.5, 0.6) is 0 Å². The minimum absolute atomic E-state index is 1.20. The van der Waals surface area contributed by atoms with Crippen LogP contribution in [0.25, 0.3) is 121 Å². The van der Waals surface area contributed by atoms with Gasteiger partial charge in [-0.05, 0) is 157 Å². The van der Waals surface area contributed by atoms with Gasteiger partial charge in [0.25, 0.3) is 0 Å².